The van der Waals surface area contributed by atoms with E-state index in [0.29, 0.717) is 5.67 Å². The molecule has 5 heteroatoms. The molecule has 1 atom stereocenters. The minimum Gasteiger partial charge on any atom is -0.376 e. The first-order valence-corrected chi connectivity index (χ1v) is 8.93. The Labute approximate surface area is 113 Å². The van der Waals surface area contributed by atoms with E-state index >= 15 is 0 Å². The van der Waals surface area contributed by atoms with Crippen LogP contribution in [-0.4, -0.2) is 53.8 Å². The van der Waals surface area contributed by atoms with Gasteiger partial charge < -0.3 is 13.3 Å². The van der Waals surface area contributed by atoms with E-state index in [4.69, 9.17) is 13.3 Å². The lowest BCUT2D eigenvalue weighted by Crippen LogP contribution is -2.61. The molecule has 108 valence electrons. The monoisotopic (exact) mass is 275 g/mol. The van der Waals surface area contributed by atoms with E-state index in [9.17, 15) is 0 Å². The van der Waals surface area contributed by atoms with Crippen LogP contribution < -0.4 is 0 Å². The SMILES string of the molecule is CCCCCC(N1CCCC1)[Si](OC)(OC)OC. The van der Waals surface area contributed by atoms with Crippen molar-refractivity contribution >= 4 is 8.80 Å². The molecule has 18 heavy (non-hydrogen) atoms. The second-order valence-electron chi connectivity index (χ2n) is 4.97. The Hall–Kier alpha value is 0.0569. The summed E-state index contributed by atoms with van der Waals surface area (Å²) < 4.78 is 17.1. The van der Waals surface area contributed by atoms with E-state index in [-0.39, 0.29) is 0 Å². The van der Waals surface area contributed by atoms with Crippen molar-refractivity contribution in [2.75, 3.05) is 34.4 Å². The first kappa shape index (κ1) is 16.1. The number of rotatable bonds is 9. The van der Waals surface area contributed by atoms with Crippen LogP contribution in [0.2, 0.25) is 0 Å². The Morgan fingerprint density at radius 1 is 1.00 bits per heavy atom. The van der Waals surface area contributed by atoms with Crippen molar-refractivity contribution in [2.45, 2.75) is 51.1 Å². The van der Waals surface area contributed by atoms with Crippen molar-refractivity contribution < 1.29 is 13.3 Å². The second-order valence-corrected chi connectivity index (χ2v) is 8.07. The predicted octanol–water partition coefficient (Wildman–Crippen LogP) is 2.45. The van der Waals surface area contributed by atoms with Crippen LogP contribution in [0.25, 0.3) is 0 Å². The molecule has 0 aromatic rings. The third-order valence-corrected chi connectivity index (χ3v) is 7.10. The Morgan fingerprint density at radius 3 is 2.00 bits per heavy atom. The summed E-state index contributed by atoms with van der Waals surface area (Å²) in [6, 6.07) is 0. The number of hydrogen-bond donors (Lipinski definition) is 0. The zero-order valence-electron chi connectivity index (χ0n) is 12.4. The first-order valence-electron chi connectivity index (χ1n) is 7.13. The number of likely N-dealkylation sites (tertiary alicyclic amines) is 1. The van der Waals surface area contributed by atoms with Crippen LogP contribution in [-0.2, 0) is 13.3 Å². The summed E-state index contributed by atoms with van der Waals surface area (Å²) >= 11 is 0. The Kier molecular flexibility index (Phi) is 7.40. The number of unbranched alkanes of at least 4 members (excludes halogenated alkanes) is 2. The molecule has 0 saturated carbocycles. The summed E-state index contributed by atoms with van der Waals surface area (Å²) in [5.41, 5.74) is 0.326. The maximum atomic E-state index is 5.69. The molecule has 1 aliphatic heterocycles. The van der Waals surface area contributed by atoms with Crippen molar-refractivity contribution in [3.63, 3.8) is 0 Å². The average molecular weight is 275 g/mol. The predicted molar refractivity (Wildman–Crippen MR) is 75.5 cm³/mol. The maximum absolute atomic E-state index is 5.69. The highest BCUT2D eigenvalue weighted by atomic mass is 28.4. The lowest BCUT2D eigenvalue weighted by atomic mass is 10.2. The topological polar surface area (TPSA) is 30.9 Å². The van der Waals surface area contributed by atoms with Crippen molar-refractivity contribution in [2.24, 2.45) is 0 Å². The molecule has 1 saturated heterocycles. The molecule has 0 spiro atoms. The highest BCUT2D eigenvalue weighted by molar-refractivity contribution is 6.62. The fourth-order valence-corrected chi connectivity index (χ4v) is 5.46. The summed E-state index contributed by atoms with van der Waals surface area (Å²) in [6.07, 6.45) is 7.43. The van der Waals surface area contributed by atoms with E-state index in [2.05, 4.69) is 11.8 Å². The van der Waals surface area contributed by atoms with E-state index < -0.39 is 8.80 Å². The molecule has 1 aliphatic rings. The van der Waals surface area contributed by atoms with Crippen molar-refractivity contribution in [3.8, 4) is 0 Å². The molecular formula is C13H29NO3Si. The number of nitrogens with zero attached hydrogens (tertiary/aromatic N) is 1. The van der Waals surface area contributed by atoms with Gasteiger partial charge in [0, 0.05) is 21.3 Å². The molecule has 1 unspecified atom stereocenters. The van der Waals surface area contributed by atoms with Gasteiger partial charge in [0.05, 0.1) is 5.67 Å². The third-order valence-electron chi connectivity index (χ3n) is 3.92. The van der Waals surface area contributed by atoms with Gasteiger partial charge in [-0.2, -0.15) is 0 Å². The molecule has 0 aromatic heterocycles. The quantitative estimate of drug-likeness (QED) is 0.478. The highest BCUT2D eigenvalue weighted by Crippen LogP contribution is 2.26. The molecule has 0 N–H and O–H groups in total. The maximum Gasteiger partial charge on any atom is 0.518 e. The largest absolute Gasteiger partial charge is 0.518 e. The van der Waals surface area contributed by atoms with Gasteiger partial charge in [-0.25, -0.2) is 0 Å². The zero-order valence-corrected chi connectivity index (χ0v) is 13.4. The lowest BCUT2D eigenvalue weighted by Gasteiger charge is -2.38. The van der Waals surface area contributed by atoms with Crippen LogP contribution >= 0.6 is 0 Å². The van der Waals surface area contributed by atoms with Gasteiger partial charge in [0.25, 0.3) is 0 Å². The first-order chi connectivity index (χ1) is 8.74. The van der Waals surface area contributed by atoms with Crippen molar-refractivity contribution in [1.29, 1.82) is 0 Å². The fraction of sp³-hybridized carbons (Fsp3) is 1.00. The Morgan fingerprint density at radius 2 is 1.56 bits per heavy atom. The molecule has 0 bridgehead atoms. The summed E-state index contributed by atoms with van der Waals surface area (Å²) in [7, 11) is 2.64. The minimum absolute atomic E-state index is 0.326. The van der Waals surface area contributed by atoms with E-state index in [1.807, 2.05) is 0 Å². The summed E-state index contributed by atoms with van der Waals surface area (Å²) in [6.45, 7) is 4.54. The standard InChI is InChI=1S/C13H29NO3Si/c1-5-6-7-10-13(14-11-8-9-12-14)18(15-2,16-3)17-4/h13H,5-12H2,1-4H3. The van der Waals surface area contributed by atoms with E-state index in [1.165, 1.54) is 32.1 Å². The molecule has 4 nitrogen and oxygen atoms in total. The van der Waals surface area contributed by atoms with Crippen LogP contribution in [0.15, 0.2) is 0 Å². The van der Waals surface area contributed by atoms with Crippen LogP contribution in [0, 0.1) is 0 Å². The molecule has 1 rings (SSSR count). The number of hydrogen-bond acceptors (Lipinski definition) is 4. The fourth-order valence-electron chi connectivity index (χ4n) is 2.88. The molecular weight excluding hydrogens is 246 g/mol. The summed E-state index contributed by atoms with van der Waals surface area (Å²) in [4.78, 5) is 2.51. The van der Waals surface area contributed by atoms with Gasteiger partial charge in [0.2, 0.25) is 0 Å². The smallest absolute Gasteiger partial charge is 0.376 e. The second kappa shape index (κ2) is 8.27. The van der Waals surface area contributed by atoms with Gasteiger partial charge in [-0.05, 0) is 32.4 Å². The Bertz CT molecular complexity index is 210. The molecule has 1 fully saturated rings. The van der Waals surface area contributed by atoms with Gasteiger partial charge in [0.15, 0.2) is 0 Å². The molecule has 1 heterocycles. The lowest BCUT2D eigenvalue weighted by molar-refractivity contribution is 0.0774. The van der Waals surface area contributed by atoms with Crippen LogP contribution in [0.5, 0.6) is 0 Å². The van der Waals surface area contributed by atoms with Crippen molar-refractivity contribution in [1.82, 2.24) is 4.90 Å². The van der Waals surface area contributed by atoms with Crippen LogP contribution in [0.3, 0.4) is 0 Å². The van der Waals surface area contributed by atoms with Crippen molar-refractivity contribution in [3.05, 3.63) is 0 Å². The van der Waals surface area contributed by atoms with Gasteiger partial charge in [-0.3, -0.25) is 4.90 Å². The highest BCUT2D eigenvalue weighted by Gasteiger charge is 2.50. The van der Waals surface area contributed by atoms with Crippen LogP contribution in [0.1, 0.15) is 45.4 Å². The minimum atomic E-state index is -2.54. The third kappa shape index (κ3) is 3.77. The Balaban J connectivity index is 2.72. The van der Waals surface area contributed by atoms with Crippen LogP contribution in [0.4, 0.5) is 0 Å². The van der Waals surface area contributed by atoms with Gasteiger partial charge in [-0.15, -0.1) is 0 Å². The van der Waals surface area contributed by atoms with Gasteiger partial charge in [0.1, 0.15) is 0 Å². The van der Waals surface area contributed by atoms with E-state index in [0.717, 1.165) is 19.5 Å². The van der Waals surface area contributed by atoms with Gasteiger partial charge >= 0.3 is 8.80 Å². The molecule has 0 aliphatic carbocycles. The molecule has 0 aromatic carbocycles. The average Bonchev–Trinajstić information content (AvgIpc) is 2.93. The molecule has 0 amide bonds. The zero-order chi connectivity index (χ0) is 13.4. The summed E-state index contributed by atoms with van der Waals surface area (Å²) in [5, 5.41) is 0. The van der Waals surface area contributed by atoms with E-state index in [1.54, 1.807) is 21.3 Å². The normalized spacial score (nSPS) is 19.3. The van der Waals surface area contributed by atoms with Gasteiger partial charge in [-0.1, -0.05) is 26.2 Å². The molecule has 0 radical (unpaired) electrons. The summed E-state index contributed by atoms with van der Waals surface area (Å²) in [5.74, 6) is 0.